The quantitative estimate of drug-likeness (QED) is 0.457. The summed E-state index contributed by atoms with van der Waals surface area (Å²) >= 11 is 0. The van der Waals surface area contributed by atoms with Gasteiger partial charge in [0, 0.05) is 11.4 Å². The highest BCUT2D eigenvalue weighted by molar-refractivity contribution is 6.07. The van der Waals surface area contributed by atoms with Crippen LogP contribution in [0.25, 0.3) is 0 Å². The van der Waals surface area contributed by atoms with Crippen molar-refractivity contribution in [3.05, 3.63) is 77.0 Å². The van der Waals surface area contributed by atoms with Gasteiger partial charge in [0.25, 0.3) is 0 Å². The number of aromatic nitrogens is 2. The second kappa shape index (κ2) is 7.03. The van der Waals surface area contributed by atoms with Crippen LogP contribution < -0.4 is 11.2 Å². The highest BCUT2D eigenvalue weighted by Crippen LogP contribution is 2.36. The highest BCUT2D eigenvalue weighted by atomic mass is 19.4. The normalized spacial score (nSPS) is 18.1. The first-order valence-corrected chi connectivity index (χ1v) is 8.79. The molecule has 1 atom stereocenters. The summed E-state index contributed by atoms with van der Waals surface area (Å²) in [7, 11) is 0. The molecule has 0 amide bonds. The predicted octanol–water partition coefficient (Wildman–Crippen LogP) is 4.56. The van der Waals surface area contributed by atoms with Gasteiger partial charge in [0.1, 0.15) is 0 Å². The third kappa shape index (κ3) is 3.45. The Morgan fingerprint density at radius 2 is 1.86 bits per heavy atom. The van der Waals surface area contributed by atoms with Gasteiger partial charge in [-0.25, -0.2) is 0 Å². The number of alkyl halides is 3. The number of halogens is 3. The number of aromatic amines is 1. The van der Waals surface area contributed by atoms with Crippen LogP contribution in [0.4, 0.5) is 24.7 Å². The van der Waals surface area contributed by atoms with Crippen LogP contribution in [0.2, 0.25) is 0 Å². The fourth-order valence-corrected chi connectivity index (χ4v) is 3.57. The van der Waals surface area contributed by atoms with Crippen LogP contribution in [0.1, 0.15) is 34.7 Å². The highest BCUT2D eigenvalue weighted by Gasteiger charge is 2.32. The van der Waals surface area contributed by atoms with Crippen LogP contribution in [-0.4, -0.2) is 15.9 Å². The minimum atomic E-state index is -4.41. The van der Waals surface area contributed by atoms with E-state index < -0.39 is 11.7 Å². The van der Waals surface area contributed by atoms with Crippen LogP contribution in [-0.2, 0) is 12.6 Å². The van der Waals surface area contributed by atoms with E-state index in [1.807, 2.05) is 18.2 Å². The lowest BCUT2D eigenvalue weighted by atomic mass is 9.82. The zero-order valence-electron chi connectivity index (χ0n) is 14.8. The zero-order chi connectivity index (χ0) is 19.7. The zero-order valence-corrected chi connectivity index (χ0v) is 14.8. The summed E-state index contributed by atoms with van der Waals surface area (Å²) in [4.78, 5) is 0. The third-order valence-electron chi connectivity index (χ3n) is 4.90. The van der Waals surface area contributed by atoms with Gasteiger partial charge in [-0.3, -0.25) is 5.10 Å². The molecule has 1 aromatic heterocycles. The molecule has 8 heteroatoms. The van der Waals surface area contributed by atoms with Gasteiger partial charge in [-0.2, -0.15) is 23.4 Å². The molecule has 5 nitrogen and oxygen atoms in total. The monoisotopic (exact) mass is 385 g/mol. The first kappa shape index (κ1) is 18.1. The fraction of sp³-hybridized carbons (Fsp3) is 0.200. The molecular formula is C20H18F3N5. The van der Waals surface area contributed by atoms with E-state index in [2.05, 4.69) is 32.7 Å². The summed E-state index contributed by atoms with van der Waals surface area (Å²) in [6.45, 7) is 0. The SMILES string of the molecule is N/N=C1/C[C@H](c2ccccc2)Cc2[nH]nc(Nc3cccc(C(F)(F)F)c3)c21. The second-order valence-electron chi connectivity index (χ2n) is 6.72. The Balaban J connectivity index is 1.64. The summed E-state index contributed by atoms with van der Waals surface area (Å²) in [5, 5.41) is 14.1. The van der Waals surface area contributed by atoms with E-state index in [0.29, 0.717) is 23.6 Å². The number of nitrogens with one attached hydrogen (secondary N) is 2. The van der Waals surface area contributed by atoms with Crippen LogP contribution in [0.5, 0.6) is 0 Å². The Morgan fingerprint density at radius 1 is 1.07 bits per heavy atom. The Hall–Kier alpha value is -3.29. The minimum absolute atomic E-state index is 0.206. The third-order valence-corrected chi connectivity index (χ3v) is 4.90. The number of hydrogen-bond donors (Lipinski definition) is 3. The second-order valence-corrected chi connectivity index (χ2v) is 6.72. The van der Waals surface area contributed by atoms with Gasteiger partial charge in [0.2, 0.25) is 0 Å². The largest absolute Gasteiger partial charge is 0.416 e. The average Bonchev–Trinajstić information content (AvgIpc) is 3.10. The molecule has 0 bridgehead atoms. The molecule has 0 aliphatic heterocycles. The summed E-state index contributed by atoms with van der Waals surface area (Å²) in [5.74, 6) is 6.26. The summed E-state index contributed by atoms with van der Waals surface area (Å²) < 4.78 is 38.9. The van der Waals surface area contributed by atoms with Crippen molar-refractivity contribution >= 4 is 17.2 Å². The van der Waals surface area contributed by atoms with Crippen LogP contribution in [0, 0.1) is 0 Å². The average molecular weight is 385 g/mol. The number of hydrazone groups is 1. The van der Waals surface area contributed by atoms with Gasteiger partial charge >= 0.3 is 6.18 Å². The lowest BCUT2D eigenvalue weighted by Gasteiger charge is -2.23. The number of nitrogens with zero attached hydrogens (tertiary/aromatic N) is 2. The van der Waals surface area contributed by atoms with E-state index >= 15 is 0 Å². The molecule has 4 rings (SSSR count). The topological polar surface area (TPSA) is 79.1 Å². The van der Waals surface area contributed by atoms with Gasteiger partial charge in [-0.15, -0.1) is 0 Å². The van der Waals surface area contributed by atoms with E-state index in [1.54, 1.807) is 6.07 Å². The van der Waals surface area contributed by atoms with Gasteiger partial charge in [-0.05, 0) is 42.5 Å². The maximum Gasteiger partial charge on any atom is 0.416 e. The van der Waals surface area contributed by atoms with E-state index in [-0.39, 0.29) is 5.92 Å². The molecule has 0 saturated carbocycles. The van der Waals surface area contributed by atoms with Crippen LogP contribution in [0.15, 0.2) is 59.7 Å². The van der Waals surface area contributed by atoms with Crippen molar-refractivity contribution in [2.45, 2.75) is 24.9 Å². The number of H-pyrrole nitrogens is 1. The Kier molecular flexibility index (Phi) is 4.54. The van der Waals surface area contributed by atoms with Crippen molar-refractivity contribution in [2.24, 2.45) is 10.9 Å². The maximum absolute atomic E-state index is 13.0. The summed E-state index contributed by atoms with van der Waals surface area (Å²) in [6.07, 6.45) is -3.06. The molecule has 3 aromatic rings. The number of anilines is 2. The molecular weight excluding hydrogens is 367 g/mol. The smallest absolute Gasteiger partial charge is 0.338 e. The van der Waals surface area contributed by atoms with Gasteiger partial charge in [-0.1, -0.05) is 36.4 Å². The maximum atomic E-state index is 13.0. The lowest BCUT2D eigenvalue weighted by molar-refractivity contribution is -0.137. The molecule has 0 spiro atoms. The molecule has 1 heterocycles. The van der Waals surface area contributed by atoms with Crippen molar-refractivity contribution in [1.29, 1.82) is 0 Å². The first-order valence-electron chi connectivity index (χ1n) is 8.79. The molecule has 2 aromatic carbocycles. The number of rotatable bonds is 3. The van der Waals surface area contributed by atoms with Gasteiger partial charge in [0.05, 0.1) is 16.8 Å². The standard InChI is InChI=1S/C20H18F3N5/c21-20(22,23)14-7-4-8-15(11-14)25-19-18-16(26-24)9-13(10-17(18)27-28-19)12-5-2-1-3-6-12/h1-8,11,13H,9-10,24H2,(H2,25,27,28)/b26-16-/t13-/m0/s1. The molecule has 0 unspecified atom stereocenters. The lowest BCUT2D eigenvalue weighted by Crippen LogP contribution is -2.20. The molecule has 144 valence electrons. The van der Waals surface area contributed by atoms with Crippen molar-refractivity contribution < 1.29 is 13.2 Å². The Bertz CT molecular complexity index is 1010. The summed E-state index contributed by atoms with van der Waals surface area (Å²) in [5.41, 5.74) is 3.00. The van der Waals surface area contributed by atoms with Crippen molar-refractivity contribution in [2.75, 3.05) is 5.32 Å². The van der Waals surface area contributed by atoms with Crippen LogP contribution in [0.3, 0.4) is 0 Å². The Labute approximate surface area is 159 Å². The van der Waals surface area contributed by atoms with Crippen molar-refractivity contribution in [3.8, 4) is 0 Å². The molecule has 1 aliphatic carbocycles. The Morgan fingerprint density at radius 3 is 2.57 bits per heavy atom. The van der Waals surface area contributed by atoms with Crippen molar-refractivity contribution in [3.63, 3.8) is 0 Å². The predicted molar refractivity (Wildman–Crippen MR) is 102 cm³/mol. The molecule has 0 saturated heterocycles. The number of nitrogens with two attached hydrogens (primary N) is 1. The van der Waals surface area contributed by atoms with E-state index in [0.717, 1.165) is 29.8 Å². The fourth-order valence-electron chi connectivity index (χ4n) is 3.57. The van der Waals surface area contributed by atoms with E-state index in [4.69, 9.17) is 5.84 Å². The number of hydrogen-bond acceptors (Lipinski definition) is 4. The molecule has 4 N–H and O–H groups in total. The number of fused-ring (bicyclic) bond motifs is 1. The van der Waals surface area contributed by atoms with Crippen LogP contribution >= 0.6 is 0 Å². The molecule has 1 aliphatic rings. The molecule has 28 heavy (non-hydrogen) atoms. The van der Waals surface area contributed by atoms with Crippen molar-refractivity contribution in [1.82, 2.24) is 10.2 Å². The van der Waals surface area contributed by atoms with E-state index in [9.17, 15) is 13.2 Å². The number of benzene rings is 2. The van der Waals surface area contributed by atoms with Gasteiger partial charge in [0.15, 0.2) is 5.82 Å². The van der Waals surface area contributed by atoms with E-state index in [1.165, 1.54) is 11.6 Å². The van der Waals surface area contributed by atoms with Gasteiger partial charge < -0.3 is 11.2 Å². The summed E-state index contributed by atoms with van der Waals surface area (Å²) in [6, 6.07) is 15.0. The molecule has 0 radical (unpaired) electrons. The first-order chi connectivity index (χ1) is 13.5. The minimum Gasteiger partial charge on any atom is -0.338 e. The molecule has 0 fully saturated rings.